The lowest BCUT2D eigenvalue weighted by Gasteiger charge is -2.10. The highest BCUT2D eigenvalue weighted by molar-refractivity contribution is 5.83. The second-order valence-corrected chi connectivity index (χ2v) is 4.64. The summed E-state index contributed by atoms with van der Waals surface area (Å²) in [7, 11) is 0. The molecule has 2 heterocycles. The van der Waals surface area contributed by atoms with Crippen molar-refractivity contribution in [3.8, 4) is 0 Å². The Morgan fingerprint density at radius 3 is 2.94 bits per heavy atom. The lowest BCUT2D eigenvalue weighted by Crippen LogP contribution is -2.14. The molecule has 0 amide bonds. The molecule has 0 fully saturated rings. The number of nitrogens with zero attached hydrogens (tertiary/aromatic N) is 1. The minimum absolute atomic E-state index is 0.0493. The van der Waals surface area contributed by atoms with Gasteiger partial charge in [0.15, 0.2) is 0 Å². The number of rotatable bonds is 3. The molecule has 1 aromatic carbocycles. The molecule has 0 saturated carbocycles. The quantitative estimate of drug-likeness (QED) is 0.658. The van der Waals surface area contributed by atoms with Crippen LogP contribution in [0.5, 0.6) is 0 Å². The van der Waals surface area contributed by atoms with Crippen molar-refractivity contribution in [3.05, 3.63) is 53.5 Å². The third-order valence-corrected chi connectivity index (χ3v) is 3.35. The standard InChI is InChI=1S/C14H16N4/c1-9-7-17-18-14(9)12(15)6-10-8-16-13-5-3-2-4-11(10)13/h2-5,7-8,12,16H,6,15H2,1H3,(H,17,18). The van der Waals surface area contributed by atoms with Crippen molar-refractivity contribution in [1.29, 1.82) is 0 Å². The van der Waals surface area contributed by atoms with Crippen LogP contribution >= 0.6 is 0 Å². The summed E-state index contributed by atoms with van der Waals surface area (Å²) < 4.78 is 0. The Balaban J connectivity index is 1.91. The number of nitrogens with two attached hydrogens (primary N) is 1. The van der Waals surface area contributed by atoms with Crippen LogP contribution in [0.2, 0.25) is 0 Å². The highest BCUT2D eigenvalue weighted by atomic mass is 15.1. The van der Waals surface area contributed by atoms with Crippen LogP contribution in [-0.2, 0) is 6.42 Å². The number of hydrogen-bond donors (Lipinski definition) is 3. The van der Waals surface area contributed by atoms with Crippen molar-refractivity contribution in [2.45, 2.75) is 19.4 Å². The number of H-pyrrole nitrogens is 2. The van der Waals surface area contributed by atoms with E-state index in [0.29, 0.717) is 0 Å². The zero-order valence-electron chi connectivity index (χ0n) is 10.3. The Labute approximate surface area is 105 Å². The molecule has 18 heavy (non-hydrogen) atoms. The van der Waals surface area contributed by atoms with Crippen LogP contribution in [-0.4, -0.2) is 15.2 Å². The lowest BCUT2D eigenvalue weighted by molar-refractivity contribution is 0.690. The smallest absolute Gasteiger partial charge is 0.0551 e. The van der Waals surface area contributed by atoms with Gasteiger partial charge in [-0.25, -0.2) is 0 Å². The number of nitrogens with one attached hydrogen (secondary N) is 2. The normalized spacial score (nSPS) is 13.0. The second-order valence-electron chi connectivity index (χ2n) is 4.64. The van der Waals surface area contributed by atoms with E-state index < -0.39 is 0 Å². The SMILES string of the molecule is Cc1cn[nH]c1C(N)Cc1c[nH]c2ccccc12. The maximum atomic E-state index is 6.24. The Hall–Kier alpha value is -2.07. The molecule has 92 valence electrons. The molecular weight excluding hydrogens is 224 g/mol. The van der Waals surface area contributed by atoms with E-state index in [2.05, 4.69) is 27.3 Å². The van der Waals surface area contributed by atoms with Gasteiger partial charge in [-0.05, 0) is 30.5 Å². The maximum absolute atomic E-state index is 6.24. The fourth-order valence-electron chi connectivity index (χ4n) is 2.37. The summed E-state index contributed by atoms with van der Waals surface area (Å²) in [6.45, 7) is 2.02. The number of fused-ring (bicyclic) bond motifs is 1. The highest BCUT2D eigenvalue weighted by Crippen LogP contribution is 2.23. The topological polar surface area (TPSA) is 70.5 Å². The van der Waals surface area contributed by atoms with E-state index in [4.69, 9.17) is 5.73 Å². The molecule has 3 aromatic rings. The predicted molar refractivity (Wildman–Crippen MR) is 72.3 cm³/mol. The molecule has 0 radical (unpaired) electrons. The van der Waals surface area contributed by atoms with Gasteiger partial charge in [-0.3, -0.25) is 5.10 Å². The summed E-state index contributed by atoms with van der Waals surface area (Å²) in [6.07, 6.45) is 4.65. The molecule has 0 bridgehead atoms. The lowest BCUT2D eigenvalue weighted by atomic mass is 10.0. The minimum atomic E-state index is -0.0493. The van der Waals surface area contributed by atoms with Crippen LogP contribution in [0.4, 0.5) is 0 Å². The van der Waals surface area contributed by atoms with Gasteiger partial charge in [0.25, 0.3) is 0 Å². The third kappa shape index (κ3) is 1.80. The number of aryl methyl sites for hydroxylation is 1. The minimum Gasteiger partial charge on any atom is -0.361 e. The van der Waals surface area contributed by atoms with E-state index in [1.54, 1.807) is 0 Å². The fourth-order valence-corrected chi connectivity index (χ4v) is 2.37. The third-order valence-electron chi connectivity index (χ3n) is 3.35. The summed E-state index contributed by atoms with van der Waals surface area (Å²) in [5, 5.41) is 8.24. The first-order valence-corrected chi connectivity index (χ1v) is 6.06. The molecule has 4 nitrogen and oxygen atoms in total. The highest BCUT2D eigenvalue weighted by Gasteiger charge is 2.13. The average molecular weight is 240 g/mol. The van der Waals surface area contributed by atoms with Crippen LogP contribution in [0.25, 0.3) is 10.9 Å². The van der Waals surface area contributed by atoms with Crippen molar-refractivity contribution in [3.63, 3.8) is 0 Å². The Kier molecular flexibility index (Phi) is 2.64. The van der Waals surface area contributed by atoms with Gasteiger partial charge < -0.3 is 10.7 Å². The van der Waals surface area contributed by atoms with Gasteiger partial charge in [0.2, 0.25) is 0 Å². The monoisotopic (exact) mass is 240 g/mol. The zero-order chi connectivity index (χ0) is 12.5. The molecule has 4 heteroatoms. The Bertz CT molecular complexity index is 665. The van der Waals surface area contributed by atoms with E-state index in [1.807, 2.05) is 31.5 Å². The molecule has 0 aliphatic rings. The van der Waals surface area contributed by atoms with Crippen molar-refractivity contribution < 1.29 is 0 Å². The van der Waals surface area contributed by atoms with Crippen LogP contribution in [0.3, 0.4) is 0 Å². The summed E-state index contributed by atoms with van der Waals surface area (Å²) in [6, 6.07) is 8.22. The van der Waals surface area contributed by atoms with Crippen LogP contribution in [0.15, 0.2) is 36.7 Å². The fraction of sp³-hybridized carbons (Fsp3) is 0.214. The molecular formula is C14H16N4. The molecule has 2 aromatic heterocycles. The predicted octanol–water partition coefficient (Wildman–Crippen LogP) is 2.44. The van der Waals surface area contributed by atoms with Gasteiger partial charge >= 0.3 is 0 Å². The van der Waals surface area contributed by atoms with Crippen LogP contribution in [0, 0.1) is 6.92 Å². The number of aromatic nitrogens is 3. The van der Waals surface area contributed by atoms with Gasteiger partial charge in [0, 0.05) is 17.1 Å². The summed E-state index contributed by atoms with van der Waals surface area (Å²) in [4.78, 5) is 3.27. The number of para-hydroxylation sites is 1. The summed E-state index contributed by atoms with van der Waals surface area (Å²) in [5.41, 5.74) is 10.8. The molecule has 0 aliphatic heterocycles. The average Bonchev–Trinajstić information content (AvgIpc) is 2.97. The summed E-state index contributed by atoms with van der Waals surface area (Å²) >= 11 is 0. The van der Waals surface area contributed by atoms with E-state index in [9.17, 15) is 0 Å². The first-order valence-electron chi connectivity index (χ1n) is 6.06. The van der Waals surface area contributed by atoms with E-state index >= 15 is 0 Å². The maximum Gasteiger partial charge on any atom is 0.0551 e. The first-order chi connectivity index (χ1) is 8.75. The van der Waals surface area contributed by atoms with Gasteiger partial charge in [-0.2, -0.15) is 5.10 Å². The van der Waals surface area contributed by atoms with Gasteiger partial charge in [-0.15, -0.1) is 0 Å². The van der Waals surface area contributed by atoms with Crippen LogP contribution in [0.1, 0.15) is 22.9 Å². The van der Waals surface area contributed by atoms with Crippen molar-refractivity contribution in [1.82, 2.24) is 15.2 Å². The van der Waals surface area contributed by atoms with E-state index in [1.165, 1.54) is 10.9 Å². The van der Waals surface area contributed by atoms with Crippen LogP contribution < -0.4 is 5.73 Å². The second kappa shape index (κ2) is 4.31. The Morgan fingerprint density at radius 2 is 2.17 bits per heavy atom. The molecule has 1 atom stereocenters. The molecule has 0 saturated heterocycles. The van der Waals surface area contributed by atoms with Gasteiger partial charge in [0.1, 0.15) is 0 Å². The number of benzene rings is 1. The van der Waals surface area contributed by atoms with Crippen molar-refractivity contribution >= 4 is 10.9 Å². The molecule has 0 spiro atoms. The largest absolute Gasteiger partial charge is 0.361 e. The zero-order valence-corrected chi connectivity index (χ0v) is 10.3. The Morgan fingerprint density at radius 1 is 1.33 bits per heavy atom. The van der Waals surface area contributed by atoms with Gasteiger partial charge in [0.05, 0.1) is 17.9 Å². The van der Waals surface area contributed by atoms with E-state index in [0.717, 1.165) is 23.2 Å². The first kappa shape index (κ1) is 11.0. The van der Waals surface area contributed by atoms with E-state index in [-0.39, 0.29) is 6.04 Å². The molecule has 1 unspecified atom stereocenters. The van der Waals surface area contributed by atoms with Crippen molar-refractivity contribution in [2.75, 3.05) is 0 Å². The summed E-state index contributed by atoms with van der Waals surface area (Å²) in [5.74, 6) is 0. The van der Waals surface area contributed by atoms with Crippen molar-refractivity contribution in [2.24, 2.45) is 5.73 Å². The number of aromatic amines is 2. The number of hydrogen-bond acceptors (Lipinski definition) is 2. The van der Waals surface area contributed by atoms with Gasteiger partial charge in [-0.1, -0.05) is 18.2 Å². The molecule has 3 rings (SSSR count). The molecule has 0 aliphatic carbocycles. The molecule has 4 N–H and O–H groups in total.